The topological polar surface area (TPSA) is 94.1 Å². The van der Waals surface area contributed by atoms with Crippen molar-refractivity contribution in [3.05, 3.63) is 40.4 Å². The molecule has 8 nitrogen and oxygen atoms in total. The molecule has 0 bridgehead atoms. The van der Waals surface area contributed by atoms with Crippen LogP contribution < -0.4 is 10.6 Å². The molecule has 1 aromatic carbocycles. The SMILES string of the molecule is CCCc1nc(CN2CCN(c3cccc4[nH]c(=O)[nH]c34)CC2)no1. The molecule has 0 atom stereocenters. The van der Waals surface area contributed by atoms with E-state index in [1.165, 1.54) is 0 Å². The molecule has 0 unspecified atom stereocenters. The van der Waals surface area contributed by atoms with Crippen LogP contribution in [0.5, 0.6) is 0 Å². The predicted octanol–water partition coefficient (Wildman–Crippen LogP) is 1.51. The second kappa shape index (κ2) is 6.72. The van der Waals surface area contributed by atoms with Crippen molar-refractivity contribution in [2.45, 2.75) is 26.3 Å². The van der Waals surface area contributed by atoms with E-state index in [1.54, 1.807) is 0 Å². The first kappa shape index (κ1) is 15.9. The zero-order chi connectivity index (χ0) is 17.2. The van der Waals surface area contributed by atoms with Gasteiger partial charge in [0.15, 0.2) is 5.82 Å². The Hall–Kier alpha value is -2.61. The number of fused-ring (bicyclic) bond motifs is 1. The summed E-state index contributed by atoms with van der Waals surface area (Å²) in [5.74, 6) is 1.48. The molecule has 132 valence electrons. The molecule has 2 N–H and O–H groups in total. The summed E-state index contributed by atoms with van der Waals surface area (Å²) in [5, 5.41) is 4.06. The van der Waals surface area contributed by atoms with Crippen molar-refractivity contribution in [3.63, 3.8) is 0 Å². The third-order valence-electron chi connectivity index (χ3n) is 4.58. The normalized spacial score (nSPS) is 16.0. The fraction of sp³-hybridized carbons (Fsp3) is 0.471. The van der Waals surface area contributed by atoms with E-state index in [0.29, 0.717) is 6.54 Å². The molecule has 1 aliphatic heterocycles. The van der Waals surface area contributed by atoms with Crippen LogP contribution in [0.1, 0.15) is 25.1 Å². The number of piperazine rings is 1. The quantitative estimate of drug-likeness (QED) is 0.730. The number of H-pyrrole nitrogens is 2. The number of para-hydroxylation sites is 1. The van der Waals surface area contributed by atoms with Crippen LogP contribution in [0, 0.1) is 0 Å². The molecule has 4 rings (SSSR count). The van der Waals surface area contributed by atoms with Crippen LogP contribution >= 0.6 is 0 Å². The van der Waals surface area contributed by atoms with E-state index in [9.17, 15) is 4.79 Å². The monoisotopic (exact) mass is 342 g/mol. The fourth-order valence-corrected chi connectivity index (χ4v) is 3.32. The summed E-state index contributed by atoms with van der Waals surface area (Å²) in [7, 11) is 0. The Balaban J connectivity index is 1.41. The number of aromatic amines is 2. The maximum atomic E-state index is 11.6. The summed E-state index contributed by atoms with van der Waals surface area (Å²) in [6, 6.07) is 5.94. The van der Waals surface area contributed by atoms with Crippen LogP contribution in [0.25, 0.3) is 11.0 Å². The average Bonchev–Trinajstić information content (AvgIpc) is 3.21. The summed E-state index contributed by atoms with van der Waals surface area (Å²) in [6.07, 6.45) is 1.84. The van der Waals surface area contributed by atoms with E-state index in [4.69, 9.17) is 4.52 Å². The van der Waals surface area contributed by atoms with Crippen molar-refractivity contribution in [2.24, 2.45) is 0 Å². The largest absolute Gasteiger partial charge is 0.367 e. The fourth-order valence-electron chi connectivity index (χ4n) is 3.32. The molecule has 2 aromatic heterocycles. The highest BCUT2D eigenvalue weighted by molar-refractivity contribution is 5.88. The lowest BCUT2D eigenvalue weighted by Crippen LogP contribution is -2.46. The second-order valence-corrected chi connectivity index (χ2v) is 6.40. The number of imidazole rings is 1. The second-order valence-electron chi connectivity index (χ2n) is 6.40. The van der Waals surface area contributed by atoms with E-state index >= 15 is 0 Å². The smallest absolute Gasteiger partial charge is 0.323 e. The molecule has 0 radical (unpaired) electrons. The maximum absolute atomic E-state index is 11.6. The number of hydrogen-bond donors (Lipinski definition) is 2. The highest BCUT2D eigenvalue weighted by Crippen LogP contribution is 2.24. The molecule has 0 saturated carbocycles. The first-order valence-electron chi connectivity index (χ1n) is 8.72. The maximum Gasteiger partial charge on any atom is 0.323 e. The van der Waals surface area contributed by atoms with Crippen LogP contribution in [0.2, 0.25) is 0 Å². The molecule has 25 heavy (non-hydrogen) atoms. The van der Waals surface area contributed by atoms with Gasteiger partial charge in [0, 0.05) is 32.6 Å². The highest BCUT2D eigenvalue weighted by atomic mass is 16.5. The van der Waals surface area contributed by atoms with Gasteiger partial charge in [0.25, 0.3) is 0 Å². The Labute approximate surface area is 144 Å². The van der Waals surface area contributed by atoms with Gasteiger partial charge in [-0.15, -0.1) is 0 Å². The van der Waals surface area contributed by atoms with Gasteiger partial charge in [-0.25, -0.2) is 4.79 Å². The molecule has 0 aliphatic carbocycles. The summed E-state index contributed by atoms with van der Waals surface area (Å²) < 4.78 is 5.25. The molecular weight excluding hydrogens is 320 g/mol. The van der Waals surface area contributed by atoms with Crippen LogP contribution in [0.3, 0.4) is 0 Å². The Morgan fingerprint density at radius 3 is 2.84 bits per heavy atom. The van der Waals surface area contributed by atoms with Gasteiger partial charge >= 0.3 is 5.69 Å². The Kier molecular flexibility index (Phi) is 4.27. The van der Waals surface area contributed by atoms with Crippen molar-refractivity contribution >= 4 is 16.7 Å². The number of nitrogens with zero attached hydrogens (tertiary/aromatic N) is 4. The van der Waals surface area contributed by atoms with E-state index in [0.717, 1.165) is 67.5 Å². The lowest BCUT2D eigenvalue weighted by atomic mass is 10.2. The minimum atomic E-state index is -0.166. The van der Waals surface area contributed by atoms with Crippen LogP contribution in [-0.4, -0.2) is 51.2 Å². The van der Waals surface area contributed by atoms with Crippen LogP contribution in [0.4, 0.5) is 5.69 Å². The standard InChI is InChI=1S/C17H22N6O2/c1-2-4-15-19-14(21-25-15)11-22-7-9-23(10-8-22)13-6-3-5-12-16(13)20-17(24)18-12/h3,5-6H,2,4,7-11H2,1H3,(H2,18,20,24). The van der Waals surface area contributed by atoms with Crippen molar-refractivity contribution in [3.8, 4) is 0 Å². The zero-order valence-electron chi connectivity index (χ0n) is 14.3. The molecule has 3 aromatic rings. The first-order valence-corrected chi connectivity index (χ1v) is 8.72. The van der Waals surface area contributed by atoms with Gasteiger partial charge in [-0.05, 0) is 18.6 Å². The molecule has 3 heterocycles. The molecule has 1 saturated heterocycles. The van der Waals surface area contributed by atoms with Crippen molar-refractivity contribution in [1.82, 2.24) is 25.0 Å². The number of rotatable bonds is 5. The number of hydrogen-bond acceptors (Lipinski definition) is 6. The summed E-state index contributed by atoms with van der Waals surface area (Å²) >= 11 is 0. The lowest BCUT2D eigenvalue weighted by molar-refractivity contribution is 0.240. The number of aryl methyl sites for hydroxylation is 1. The Bertz CT molecular complexity index is 903. The molecule has 0 amide bonds. The van der Waals surface area contributed by atoms with E-state index in [2.05, 4.69) is 42.9 Å². The van der Waals surface area contributed by atoms with Crippen molar-refractivity contribution in [1.29, 1.82) is 0 Å². The molecule has 1 aliphatic rings. The van der Waals surface area contributed by atoms with Crippen molar-refractivity contribution < 1.29 is 4.52 Å². The summed E-state index contributed by atoms with van der Waals surface area (Å²) in [6.45, 7) is 6.44. The average molecular weight is 342 g/mol. The molecular formula is C17H22N6O2. The van der Waals surface area contributed by atoms with E-state index < -0.39 is 0 Å². The summed E-state index contributed by atoms with van der Waals surface area (Å²) in [4.78, 5) is 26.4. The van der Waals surface area contributed by atoms with E-state index in [1.807, 2.05) is 12.1 Å². The van der Waals surface area contributed by atoms with Crippen LogP contribution in [0.15, 0.2) is 27.5 Å². The van der Waals surface area contributed by atoms with Gasteiger partial charge < -0.3 is 19.4 Å². The minimum absolute atomic E-state index is 0.166. The number of benzene rings is 1. The Morgan fingerprint density at radius 2 is 2.04 bits per heavy atom. The van der Waals surface area contributed by atoms with Gasteiger partial charge in [0.1, 0.15) is 0 Å². The van der Waals surface area contributed by atoms with Crippen LogP contribution in [-0.2, 0) is 13.0 Å². The number of nitrogens with one attached hydrogen (secondary N) is 2. The van der Waals surface area contributed by atoms with Gasteiger partial charge in [0.05, 0.1) is 23.3 Å². The van der Waals surface area contributed by atoms with E-state index in [-0.39, 0.29) is 5.69 Å². The van der Waals surface area contributed by atoms with Gasteiger partial charge in [-0.2, -0.15) is 4.98 Å². The third-order valence-corrected chi connectivity index (χ3v) is 4.58. The molecule has 8 heteroatoms. The van der Waals surface area contributed by atoms with Gasteiger partial charge in [0.2, 0.25) is 5.89 Å². The highest BCUT2D eigenvalue weighted by Gasteiger charge is 2.21. The van der Waals surface area contributed by atoms with Gasteiger partial charge in [-0.1, -0.05) is 18.1 Å². The third kappa shape index (κ3) is 3.30. The minimum Gasteiger partial charge on any atom is -0.367 e. The molecule has 0 spiro atoms. The first-order chi connectivity index (χ1) is 12.2. The number of anilines is 1. The zero-order valence-corrected chi connectivity index (χ0v) is 14.3. The van der Waals surface area contributed by atoms with Gasteiger partial charge in [-0.3, -0.25) is 4.90 Å². The lowest BCUT2D eigenvalue weighted by Gasteiger charge is -2.35. The summed E-state index contributed by atoms with van der Waals surface area (Å²) in [5.41, 5.74) is 2.63. The number of aromatic nitrogens is 4. The predicted molar refractivity (Wildman–Crippen MR) is 94.7 cm³/mol. The Morgan fingerprint density at radius 1 is 1.20 bits per heavy atom. The molecule has 1 fully saturated rings. The van der Waals surface area contributed by atoms with Crippen molar-refractivity contribution in [2.75, 3.05) is 31.1 Å².